The van der Waals surface area contributed by atoms with Crippen LogP contribution in [0.2, 0.25) is 0 Å². The molecule has 0 aliphatic carbocycles. The lowest BCUT2D eigenvalue weighted by Crippen LogP contribution is -2.20. The van der Waals surface area contributed by atoms with Crippen LogP contribution in [0.3, 0.4) is 0 Å². The maximum Gasteiger partial charge on any atom is 0.264 e. The lowest BCUT2D eigenvalue weighted by molar-refractivity contribution is -0.118. The molecule has 4 aromatic rings. The highest BCUT2D eigenvalue weighted by molar-refractivity contribution is 7.22. The molecule has 1 aromatic heterocycles. The molecule has 5 nitrogen and oxygen atoms in total. The van der Waals surface area contributed by atoms with Crippen LogP contribution in [0.4, 0.5) is 5.13 Å². The molecule has 0 saturated carbocycles. The summed E-state index contributed by atoms with van der Waals surface area (Å²) in [5, 5.41) is 3.34. The fourth-order valence-corrected chi connectivity index (χ4v) is 3.72. The van der Waals surface area contributed by atoms with Crippen LogP contribution < -0.4 is 14.8 Å². The number of carbonyl (C=O) groups is 1. The lowest BCUT2D eigenvalue weighted by atomic mass is 10.2. The molecule has 3 aromatic carbocycles. The van der Waals surface area contributed by atoms with E-state index in [0.29, 0.717) is 10.9 Å². The molecule has 1 heterocycles. The molecule has 1 N–H and O–H groups in total. The SMILES string of the molecule is CCc1cccc(OCC(=O)Nc2nc3ccc(Oc4ccccc4)cc3s2)c1. The lowest BCUT2D eigenvalue weighted by Gasteiger charge is -2.06. The van der Waals surface area contributed by atoms with Crippen molar-refractivity contribution in [2.45, 2.75) is 13.3 Å². The smallest absolute Gasteiger partial charge is 0.264 e. The van der Waals surface area contributed by atoms with Crippen LogP contribution in [-0.2, 0) is 11.2 Å². The number of rotatable bonds is 7. The minimum absolute atomic E-state index is 0.0640. The number of para-hydroxylation sites is 1. The Balaban J connectivity index is 1.39. The number of nitrogens with one attached hydrogen (secondary N) is 1. The van der Waals surface area contributed by atoms with Gasteiger partial charge in [0.15, 0.2) is 11.7 Å². The summed E-state index contributed by atoms with van der Waals surface area (Å²) in [6.07, 6.45) is 0.922. The van der Waals surface area contributed by atoms with Gasteiger partial charge in [0.05, 0.1) is 10.2 Å². The molecule has 29 heavy (non-hydrogen) atoms. The number of thiazole rings is 1. The summed E-state index contributed by atoms with van der Waals surface area (Å²) in [5.41, 5.74) is 1.98. The number of carbonyl (C=O) groups excluding carboxylic acids is 1. The van der Waals surface area contributed by atoms with E-state index < -0.39 is 0 Å². The van der Waals surface area contributed by atoms with E-state index in [1.165, 1.54) is 16.9 Å². The first-order chi connectivity index (χ1) is 14.2. The molecular weight excluding hydrogens is 384 g/mol. The Kier molecular flexibility index (Phi) is 5.72. The molecule has 0 saturated heterocycles. The predicted octanol–water partition coefficient (Wildman–Crippen LogP) is 5.67. The highest BCUT2D eigenvalue weighted by Gasteiger charge is 2.10. The van der Waals surface area contributed by atoms with Crippen LogP contribution in [0.15, 0.2) is 72.8 Å². The van der Waals surface area contributed by atoms with Crippen molar-refractivity contribution in [3.8, 4) is 17.2 Å². The highest BCUT2D eigenvalue weighted by atomic mass is 32.1. The van der Waals surface area contributed by atoms with Gasteiger partial charge >= 0.3 is 0 Å². The van der Waals surface area contributed by atoms with Gasteiger partial charge in [-0.05, 0) is 48.4 Å². The van der Waals surface area contributed by atoms with Crippen molar-refractivity contribution in [3.63, 3.8) is 0 Å². The van der Waals surface area contributed by atoms with Gasteiger partial charge in [-0.2, -0.15) is 0 Å². The Morgan fingerprint density at radius 2 is 1.79 bits per heavy atom. The summed E-state index contributed by atoms with van der Waals surface area (Å²) < 4.78 is 12.4. The summed E-state index contributed by atoms with van der Waals surface area (Å²) in [4.78, 5) is 16.7. The van der Waals surface area contributed by atoms with Gasteiger partial charge in [0, 0.05) is 6.07 Å². The molecule has 0 bridgehead atoms. The second kappa shape index (κ2) is 8.75. The first-order valence-electron chi connectivity index (χ1n) is 9.34. The molecule has 0 fully saturated rings. The zero-order valence-electron chi connectivity index (χ0n) is 15.9. The minimum atomic E-state index is -0.244. The average molecular weight is 404 g/mol. The zero-order valence-corrected chi connectivity index (χ0v) is 16.7. The Morgan fingerprint density at radius 3 is 2.62 bits per heavy atom. The van der Waals surface area contributed by atoms with Crippen molar-refractivity contribution in [1.29, 1.82) is 0 Å². The predicted molar refractivity (Wildman–Crippen MR) is 116 cm³/mol. The van der Waals surface area contributed by atoms with E-state index >= 15 is 0 Å². The van der Waals surface area contributed by atoms with Gasteiger partial charge in [0.25, 0.3) is 5.91 Å². The van der Waals surface area contributed by atoms with Crippen molar-refractivity contribution in [1.82, 2.24) is 4.98 Å². The topological polar surface area (TPSA) is 60.5 Å². The van der Waals surface area contributed by atoms with Crippen molar-refractivity contribution in [2.75, 3.05) is 11.9 Å². The third-order valence-corrected chi connectivity index (χ3v) is 5.20. The highest BCUT2D eigenvalue weighted by Crippen LogP contribution is 2.31. The molecule has 4 rings (SSSR count). The van der Waals surface area contributed by atoms with Crippen LogP contribution >= 0.6 is 11.3 Å². The van der Waals surface area contributed by atoms with Crippen LogP contribution in [0.25, 0.3) is 10.2 Å². The molecule has 0 spiro atoms. The zero-order chi connectivity index (χ0) is 20.1. The van der Waals surface area contributed by atoms with Crippen LogP contribution in [-0.4, -0.2) is 17.5 Å². The standard InChI is InChI=1S/C23H20N2O3S/c1-2-16-7-6-10-18(13-16)27-15-22(26)25-23-24-20-12-11-19(14-21(20)29-23)28-17-8-4-3-5-9-17/h3-14H,2,15H2,1H3,(H,24,25,26). The molecule has 0 aliphatic heterocycles. The first-order valence-corrected chi connectivity index (χ1v) is 10.2. The summed E-state index contributed by atoms with van der Waals surface area (Å²) in [5.74, 6) is 1.94. The van der Waals surface area contributed by atoms with Crippen LogP contribution in [0.5, 0.6) is 17.2 Å². The van der Waals surface area contributed by atoms with Gasteiger partial charge in [0.2, 0.25) is 0 Å². The number of anilines is 1. The molecule has 6 heteroatoms. The normalized spacial score (nSPS) is 10.7. The molecule has 0 unspecified atom stereocenters. The van der Waals surface area contributed by atoms with E-state index in [-0.39, 0.29) is 12.5 Å². The van der Waals surface area contributed by atoms with Crippen molar-refractivity contribution in [3.05, 3.63) is 78.4 Å². The van der Waals surface area contributed by atoms with Gasteiger partial charge in [0.1, 0.15) is 17.2 Å². The Bertz CT molecular complexity index is 1130. The fourth-order valence-electron chi connectivity index (χ4n) is 2.81. The van der Waals surface area contributed by atoms with Gasteiger partial charge < -0.3 is 9.47 Å². The number of nitrogens with zero attached hydrogens (tertiary/aromatic N) is 1. The van der Waals surface area contributed by atoms with Gasteiger partial charge in [-0.3, -0.25) is 10.1 Å². The fraction of sp³-hybridized carbons (Fsp3) is 0.130. The number of amides is 1. The summed E-state index contributed by atoms with van der Waals surface area (Å²) in [6, 6.07) is 23.0. The second-order valence-corrected chi connectivity index (χ2v) is 7.43. The van der Waals surface area contributed by atoms with Gasteiger partial charge in [-0.1, -0.05) is 48.6 Å². The number of benzene rings is 3. The van der Waals surface area contributed by atoms with E-state index in [0.717, 1.165) is 28.1 Å². The van der Waals surface area contributed by atoms with E-state index in [1.807, 2.05) is 72.8 Å². The van der Waals surface area contributed by atoms with E-state index in [1.54, 1.807) is 0 Å². The number of hydrogen-bond donors (Lipinski definition) is 1. The largest absolute Gasteiger partial charge is 0.484 e. The quantitative estimate of drug-likeness (QED) is 0.431. The monoisotopic (exact) mass is 404 g/mol. The second-order valence-electron chi connectivity index (χ2n) is 6.40. The Hall–Kier alpha value is -3.38. The Labute approximate surface area is 172 Å². The molecule has 146 valence electrons. The molecular formula is C23H20N2O3S. The number of fused-ring (bicyclic) bond motifs is 1. The molecule has 0 atom stereocenters. The first kappa shape index (κ1) is 19.0. The van der Waals surface area contributed by atoms with Crippen molar-refractivity contribution < 1.29 is 14.3 Å². The molecule has 0 radical (unpaired) electrons. The average Bonchev–Trinajstić information content (AvgIpc) is 3.14. The van der Waals surface area contributed by atoms with Crippen LogP contribution in [0.1, 0.15) is 12.5 Å². The maximum absolute atomic E-state index is 12.2. The van der Waals surface area contributed by atoms with Gasteiger partial charge in [-0.15, -0.1) is 0 Å². The molecule has 0 aliphatic rings. The molecule has 1 amide bonds. The number of hydrogen-bond acceptors (Lipinski definition) is 5. The third kappa shape index (κ3) is 4.92. The number of aromatic nitrogens is 1. The number of aryl methyl sites for hydroxylation is 1. The Morgan fingerprint density at radius 1 is 0.966 bits per heavy atom. The van der Waals surface area contributed by atoms with Gasteiger partial charge in [-0.25, -0.2) is 4.98 Å². The maximum atomic E-state index is 12.2. The van der Waals surface area contributed by atoms with Crippen molar-refractivity contribution in [2.24, 2.45) is 0 Å². The van der Waals surface area contributed by atoms with E-state index in [9.17, 15) is 4.79 Å². The van der Waals surface area contributed by atoms with Crippen LogP contribution in [0, 0.1) is 0 Å². The summed E-state index contributed by atoms with van der Waals surface area (Å²) >= 11 is 1.40. The summed E-state index contributed by atoms with van der Waals surface area (Å²) in [6.45, 7) is 2.01. The third-order valence-electron chi connectivity index (χ3n) is 4.26. The van der Waals surface area contributed by atoms with E-state index in [2.05, 4.69) is 17.2 Å². The summed E-state index contributed by atoms with van der Waals surface area (Å²) in [7, 11) is 0. The van der Waals surface area contributed by atoms with Crippen molar-refractivity contribution >= 4 is 32.6 Å². The number of ether oxygens (including phenoxy) is 2. The van der Waals surface area contributed by atoms with E-state index in [4.69, 9.17) is 9.47 Å². The minimum Gasteiger partial charge on any atom is -0.484 e.